The van der Waals surface area contributed by atoms with Gasteiger partial charge in [0.1, 0.15) is 5.70 Å². The maximum Gasteiger partial charge on any atom is 0.275 e. The van der Waals surface area contributed by atoms with Crippen molar-refractivity contribution in [3.8, 4) is 11.5 Å². The van der Waals surface area contributed by atoms with E-state index in [2.05, 4.69) is 5.32 Å². The van der Waals surface area contributed by atoms with Crippen LogP contribution in [-0.2, 0) is 4.79 Å². The first-order valence-electron chi connectivity index (χ1n) is 9.12. The normalized spacial score (nSPS) is 17.6. The van der Waals surface area contributed by atoms with Crippen LogP contribution in [0.2, 0.25) is 0 Å². The summed E-state index contributed by atoms with van der Waals surface area (Å²) in [4.78, 5) is 15.1. The number of hydrogen-bond acceptors (Lipinski definition) is 4. The predicted molar refractivity (Wildman–Crippen MR) is 107 cm³/mol. The molecule has 1 amide bonds. The van der Waals surface area contributed by atoms with Crippen molar-refractivity contribution >= 4 is 17.3 Å². The number of anilines is 2. The second kappa shape index (κ2) is 6.78. The van der Waals surface area contributed by atoms with E-state index in [0.717, 1.165) is 22.7 Å². The van der Waals surface area contributed by atoms with Crippen LogP contribution in [-0.4, -0.2) is 12.7 Å². The van der Waals surface area contributed by atoms with E-state index < -0.39 is 0 Å². The van der Waals surface area contributed by atoms with Gasteiger partial charge in [0.15, 0.2) is 11.5 Å². The van der Waals surface area contributed by atoms with Crippen molar-refractivity contribution in [1.29, 1.82) is 0 Å². The molecule has 0 aromatic heterocycles. The lowest BCUT2D eigenvalue weighted by Gasteiger charge is -2.25. The van der Waals surface area contributed by atoms with Gasteiger partial charge in [-0.3, -0.25) is 9.69 Å². The largest absolute Gasteiger partial charge is 0.454 e. The molecule has 3 aromatic rings. The molecule has 0 radical (unpaired) electrons. The van der Waals surface area contributed by atoms with Crippen molar-refractivity contribution in [2.45, 2.75) is 6.04 Å². The van der Waals surface area contributed by atoms with Crippen molar-refractivity contribution in [2.24, 2.45) is 0 Å². The Balaban J connectivity index is 1.55. The van der Waals surface area contributed by atoms with E-state index >= 15 is 0 Å². The van der Waals surface area contributed by atoms with Crippen LogP contribution in [0, 0.1) is 0 Å². The minimum atomic E-state index is -0.240. The molecule has 0 saturated heterocycles. The van der Waals surface area contributed by atoms with Crippen molar-refractivity contribution in [1.82, 2.24) is 0 Å². The Hall–Kier alpha value is -3.73. The van der Waals surface area contributed by atoms with E-state index in [1.54, 1.807) is 4.90 Å². The predicted octanol–water partition coefficient (Wildman–Crippen LogP) is 4.50. The molecule has 0 saturated carbocycles. The van der Waals surface area contributed by atoms with Gasteiger partial charge in [0.05, 0.1) is 6.04 Å². The van der Waals surface area contributed by atoms with Crippen LogP contribution in [0.25, 0.3) is 0 Å². The zero-order valence-corrected chi connectivity index (χ0v) is 15.0. The Morgan fingerprint density at radius 2 is 1.57 bits per heavy atom. The number of hydrogen-bond donors (Lipinski definition) is 1. The Bertz CT molecular complexity index is 1050. The number of para-hydroxylation sites is 2. The average molecular weight is 370 g/mol. The molecule has 2 heterocycles. The van der Waals surface area contributed by atoms with Gasteiger partial charge in [-0.1, -0.05) is 42.5 Å². The summed E-state index contributed by atoms with van der Waals surface area (Å²) in [6, 6.07) is 25.0. The number of carbonyl (C=O) groups is 1. The number of benzene rings is 3. The third kappa shape index (κ3) is 2.87. The fourth-order valence-corrected chi connectivity index (χ4v) is 3.54. The topological polar surface area (TPSA) is 50.8 Å². The number of amides is 1. The fourth-order valence-electron chi connectivity index (χ4n) is 3.54. The summed E-state index contributed by atoms with van der Waals surface area (Å²) in [7, 11) is 0. The smallest absolute Gasteiger partial charge is 0.275 e. The third-order valence-corrected chi connectivity index (χ3v) is 4.88. The highest BCUT2D eigenvalue weighted by atomic mass is 16.7. The summed E-state index contributed by atoms with van der Waals surface area (Å²) in [5, 5.41) is 3.26. The molecule has 2 aliphatic rings. The van der Waals surface area contributed by atoms with Gasteiger partial charge in [0.25, 0.3) is 5.91 Å². The van der Waals surface area contributed by atoms with E-state index in [0.29, 0.717) is 11.4 Å². The molecule has 0 aliphatic carbocycles. The summed E-state index contributed by atoms with van der Waals surface area (Å²) < 4.78 is 10.9. The van der Waals surface area contributed by atoms with Crippen molar-refractivity contribution in [3.63, 3.8) is 0 Å². The van der Waals surface area contributed by atoms with Crippen LogP contribution in [0.1, 0.15) is 11.6 Å². The zero-order valence-electron chi connectivity index (χ0n) is 15.0. The van der Waals surface area contributed by atoms with Crippen LogP contribution >= 0.6 is 0 Å². The molecule has 3 aromatic carbocycles. The van der Waals surface area contributed by atoms with Crippen LogP contribution in [0.3, 0.4) is 0 Å². The minimum Gasteiger partial charge on any atom is -0.454 e. The van der Waals surface area contributed by atoms with E-state index in [9.17, 15) is 4.79 Å². The Labute approximate surface area is 162 Å². The van der Waals surface area contributed by atoms with E-state index in [-0.39, 0.29) is 18.7 Å². The Morgan fingerprint density at radius 1 is 0.857 bits per heavy atom. The van der Waals surface area contributed by atoms with Gasteiger partial charge in [0, 0.05) is 11.4 Å². The molecular formula is C23H18N2O3. The lowest BCUT2D eigenvalue weighted by Crippen LogP contribution is -2.30. The van der Waals surface area contributed by atoms with E-state index in [4.69, 9.17) is 9.47 Å². The summed E-state index contributed by atoms with van der Waals surface area (Å²) in [5.41, 5.74) is 3.24. The lowest BCUT2D eigenvalue weighted by atomic mass is 10.1. The van der Waals surface area contributed by atoms with E-state index in [1.807, 2.05) is 84.9 Å². The summed E-state index contributed by atoms with van der Waals surface area (Å²) in [6.07, 6.45) is 1.96. The molecule has 5 heteroatoms. The number of fused-ring (bicyclic) bond motifs is 1. The van der Waals surface area contributed by atoms with Gasteiger partial charge in [-0.2, -0.15) is 0 Å². The number of ether oxygens (including phenoxy) is 2. The first kappa shape index (κ1) is 16.4. The molecule has 1 N–H and O–H groups in total. The SMILES string of the molecule is O=C1C(Nc2ccccc2)=C[C@H](c2ccc3c(c2)OCO3)N1c1ccccc1. The van der Waals surface area contributed by atoms with Crippen LogP contribution in [0.5, 0.6) is 11.5 Å². The third-order valence-electron chi connectivity index (χ3n) is 4.88. The molecule has 0 spiro atoms. The molecule has 0 fully saturated rings. The highest BCUT2D eigenvalue weighted by Gasteiger charge is 2.35. The average Bonchev–Trinajstić information content (AvgIpc) is 3.33. The van der Waals surface area contributed by atoms with E-state index in [1.165, 1.54) is 0 Å². The Kier molecular flexibility index (Phi) is 3.98. The van der Waals surface area contributed by atoms with Crippen LogP contribution < -0.4 is 19.7 Å². The summed E-state index contributed by atoms with van der Waals surface area (Å²) in [5.74, 6) is 1.36. The molecule has 2 aliphatic heterocycles. The second-order valence-electron chi connectivity index (χ2n) is 6.64. The highest BCUT2D eigenvalue weighted by Crippen LogP contribution is 2.40. The highest BCUT2D eigenvalue weighted by molar-refractivity contribution is 6.11. The first-order chi connectivity index (χ1) is 13.8. The van der Waals surface area contributed by atoms with Gasteiger partial charge in [-0.25, -0.2) is 0 Å². The van der Waals surface area contributed by atoms with Crippen molar-refractivity contribution in [3.05, 3.63) is 96.2 Å². The fraction of sp³-hybridized carbons (Fsp3) is 0.0870. The minimum absolute atomic E-state index is 0.0716. The van der Waals surface area contributed by atoms with Crippen LogP contribution in [0.4, 0.5) is 11.4 Å². The number of carbonyl (C=O) groups excluding carboxylic acids is 1. The second-order valence-corrected chi connectivity index (χ2v) is 6.64. The van der Waals surface area contributed by atoms with Gasteiger partial charge in [0.2, 0.25) is 6.79 Å². The Morgan fingerprint density at radius 3 is 2.36 bits per heavy atom. The molecule has 1 atom stereocenters. The lowest BCUT2D eigenvalue weighted by molar-refractivity contribution is -0.114. The van der Waals surface area contributed by atoms with Gasteiger partial charge in [-0.05, 0) is 48.0 Å². The van der Waals surface area contributed by atoms with Gasteiger partial charge in [-0.15, -0.1) is 0 Å². The molecule has 138 valence electrons. The number of nitrogens with zero attached hydrogens (tertiary/aromatic N) is 1. The van der Waals surface area contributed by atoms with Gasteiger partial charge >= 0.3 is 0 Å². The van der Waals surface area contributed by atoms with Crippen LogP contribution in [0.15, 0.2) is 90.6 Å². The first-order valence-corrected chi connectivity index (χ1v) is 9.12. The summed E-state index contributed by atoms with van der Waals surface area (Å²) >= 11 is 0. The zero-order chi connectivity index (χ0) is 18.9. The van der Waals surface area contributed by atoms with Gasteiger partial charge < -0.3 is 14.8 Å². The number of rotatable bonds is 4. The molecule has 0 unspecified atom stereocenters. The monoisotopic (exact) mass is 370 g/mol. The standard InChI is InChI=1S/C23H18N2O3/c26-23-19(24-17-7-3-1-4-8-17)14-20(25(23)18-9-5-2-6-10-18)16-11-12-21-22(13-16)28-15-27-21/h1-14,20,24H,15H2/t20-/m1/s1. The van der Waals surface area contributed by atoms with Crippen molar-refractivity contribution in [2.75, 3.05) is 17.0 Å². The molecule has 5 rings (SSSR count). The summed E-state index contributed by atoms with van der Waals surface area (Å²) in [6.45, 7) is 0.224. The molecule has 5 nitrogen and oxygen atoms in total. The number of nitrogens with one attached hydrogen (secondary N) is 1. The molecule has 28 heavy (non-hydrogen) atoms. The quantitative estimate of drug-likeness (QED) is 0.735. The maximum absolute atomic E-state index is 13.3. The molecule has 0 bridgehead atoms. The maximum atomic E-state index is 13.3. The molecular weight excluding hydrogens is 352 g/mol. The van der Waals surface area contributed by atoms with Crippen molar-refractivity contribution < 1.29 is 14.3 Å².